The SMILES string of the molecule is CCOCCOCC(O)CNC(=O)c1ccc(CN(CC)C(C)C)cc1. The minimum Gasteiger partial charge on any atom is -0.389 e. The first-order chi connectivity index (χ1) is 12.5. The first-order valence-electron chi connectivity index (χ1n) is 9.42. The van der Waals surface area contributed by atoms with Crippen molar-refractivity contribution in [3.8, 4) is 0 Å². The monoisotopic (exact) mass is 366 g/mol. The molecule has 26 heavy (non-hydrogen) atoms. The van der Waals surface area contributed by atoms with Crippen molar-refractivity contribution in [1.29, 1.82) is 0 Å². The number of nitrogens with zero attached hydrogens (tertiary/aromatic N) is 1. The van der Waals surface area contributed by atoms with Gasteiger partial charge in [0.15, 0.2) is 0 Å². The topological polar surface area (TPSA) is 71.0 Å². The Hall–Kier alpha value is -1.47. The molecule has 0 saturated carbocycles. The number of ether oxygens (including phenoxy) is 2. The second-order valence-corrected chi connectivity index (χ2v) is 6.49. The molecule has 1 rings (SSSR count). The summed E-state index contributed by atoms with van der Waals surface area (Å²) in [6.45, 7) is 12.2. The van der Waals surface area contributed by atoms with E-state index in [0.717, 1.165) is 13.1 Å². The van der Waals surface area contributed by atoms with E-state index >= 15 is 0 Å². The maximum atomic E-state index is 12.2. The molecule has 0 radical (unpaired) electrons. The van der Waals surface area contributed by atoms with Gasteiger partial charge in [-0.1, -0.05) is 19.1 Å². The van der Waals surface area contributed by atoms with Crippen molar-refractivity contribution in [1.82, 2.24) is 10.2 Å². The number of aliphatic hydroxyl groups excluding tert-OH is 1. The average Bonchev–Trinajstić information content (AvgIpc) is 2.64. The van der Waals surface area contributed by atoms with Gasteiger partial charge in [-0.2, -0.15) is 0 Å². The van der Waals surface area contributed by atoms with E-state index in [9.17, 15) is 9.90 Å². The van der Waals surface area contributed by atoms with Crippen molar-refractivity contribution in [3.05, 3.63) is 35.4 Å². The molecule has 148 valence electrons. The molecule has 1 aromatic rings. The Morgan fingerprint density at radius 2 is 1.81 bits per heavy atom. The zero-order chi connectivity index (χ0) is 19.4. The van der Waals surface area contributed by atoms with Crippen LogP contribution >= 0.6 is 0 Å². The Kier molecular flexibility index (Phi) is 11.1. The van der Waals surface area contributed by atoms with Crippen LogP contribution in [0, 0.1) is 0 Å². The van der Waals surface area contributed by atoms with Crippen LogP contribution in [0.25, 0.3) is 0 Å². The predicted octanol–water partition coefficient (Wildman–Crippen LogP) is 2.06. The normalized spacial score (nSPS) is 12.6. The number of carbonyl (C=O) groups is 1. The lowest BCUT2D eigenvalue weighted by Crippen LogP contribution is -2.34. The third kappa shape index (κ3) is 8.76. The van der Waals surface area contributed by atoms with Crippen LogP contribution in [0.1, 0.15) is 43.6 Å². The fraction of sp³-hybridized carbons (Fsp3) is 0.650. The summed E-state index contributed by atoms with van der Waals surface area (Å²) < 4.78 is 10.4. The highest BCUT2D eigenvalue weighted by atomic mass is 16.5. The number of rotatable bonds is 13. The van der Waals surface area contributed by atoms with Crippen molar-refractivity contribution >= 4 is 5.91 Å². The van der Waals surface area contributed by atoms with E-state index in [-0.39, 0.29) is 19.1 Å². The van der Waals surface area contributed by atoms with Crippen LogP contribution in [0.4, 0.5) is 0 Å². The summed E-state index contributed by atoms with van der Waals surface area (Å²) >= 11 is 0. The van der Waals surface area contributed by atoms with Crippen LogP contribution in [0.2, 0.25) is 0 Å². The molecule has 0 spiro atoms. The van der Waals surface area contributed by atoms with Crippen molar-refractivity contribution in [2.24, 2.45) is 0 Å². The summed E-state index contributed by atoms with van der Waals surface area (Å²) in [6, 6.07) is 8.09. The molecular formula is C20H34N2O4. The Labute approximate surface area is 157 Å². The molecule has 6 nitrogen and oxygen atoms in total. The van der Waals surface area contributed by atoms with Crippen LogP contribution < -0.4 is 5.32 Å². The summed E-state index contributed by atoms with van der Waals surface area (Å²) in [7, 11) is 0. The number of benzene rings is 1. The van der Waals surface area contributed by atoms with Gasteiger partial charge >= 0.3 is 0 Å². The van der Waals surface area contributed by atoms with Gasteiger partial charge < -0.3 is 19.9 Å². The molecule has 0 bridgehead atoms. The molecule has 6 heteroatoms. The van der Waals surface area contributed by atoms with E-state index < -0.39 is 6.10 Å². The van der Waals surface area contributed by atoms with E-state index in [1.54, 1.807) is 0 Å². The summed E-state index contributed by atoms with van der Waals surface area (Å²) in [5, 5.41) is 12.6. The van der Waals surface area contributed by atoms with Crippen molar-refractivity contribution < 1.29 is 19.4 Å². The second-order valence-electron chi connectivity index (χ2n) is 6.49. The first-order valence-corrected chi connectivity index (χ1v) is 9.42. The lowest BCUT2D eigenvalue weighted by molar-refractivity contribution is 0.00663. The van der Waals surface area contributed by atoms with Gasteiger partial charge in [-0.15, -0.1) is 0 Å². The number of aliphatic hydroxyl groups is 1. The molecule has 0 aliphatic carbocycles. The van der Waals surface area contributed by atoms with E-state index in [1.165, 1.54) is 5.56 Å². The second kappa shape index (κ2) is 12.8. The van der Waals surface area contributed by atoms with E-state index in [4.69, 9.17) is 9.47 Å². The molecule has 1 unspecified atom stereocenters. The summed E-state index contributed by atoms with van der Waals surface area (Å²) in [5.74, 6) is -0.193. The van der Waals surface area contributed by atoms with Gasteiger partial charge in [0.05, 0.1) is 25.9 Å². The number of amides is 1. The zero-order valence-electron chi connectivity index (χ0n) is 16.5. The van der Waals surface area contributed by atoms with Gasteiger partial charge in [0.25, 0.3) is 5.91 Å². The standard InChI is InChI=1S/C20H34N2O4/c1-5-22(16(3)4)14-17-7-9-18(10-8-17)20(24)21-13-19(23)15-26-12-11-25-6-2/h7-10,16,19,23H,5-6,11-15H2,1-4H3,(H,21,24). The smallest absolute Gasteiger partial charge is 0.251 e. The first kappa shape index (κ1) is 22.6. The lowest BCUT2D eigenvalue weighted by atomic mass is 10.1. The fourth-order valence-electron chi connectivity index (χ4n) is 2.51. The van der Waals surface area contributed by atoms with Gasteiger partial charge in [0.2, 0.25) is 0 Å². The molecule has 2 N–H and O–H groups in total. The van der Waals surface area contributed by atoms with Crippen LogP contribution in [0.15, 0.2) is 24.3 Å². The quantitative estimate of drug-likeness (QED) is 0.523. The van der Waals surface area contributed by atoms with Gasteiger partial charge in [0, 0.05) is 31.3 Å². The minimum absolute atomic E-state index is 0.159. The molecule has 0 fully saturated rings. The Morgan fingerprint density at radius 1 is 1.15 bits per heavy atom. The third-order valence-corrected chi connectivity index (χ3v) is 4.12. The van der Waals surface area contributed by atoms with Crippen molar-refractivity contribution in [2.45, 2.75) is 46.4 Å². The van der Waals surface area contributed by atoms with Crippen molar-refractivity contribution in [3.63, 3.8) is 0 Å². The van der Waals surface area contributed by atoms with Gasteiger partial charge in [0.1, 0.15) is 0 Å². The van der Waals surface area contributed by atoms with E-state index in [1.807, 2.05) is 31.2 Å². The zero-order valence-corrected chi connectivity index (χ0v) is 16.5. The number of carbonyl (C=O) groups excluding carboxylic acids is 1. The van der Waals surface area contributed by atoms with E-state index in [0.29, 0.717) is 31.4 Å². The molecular weight excluding hydrogens is 332 g/mol. The molecule has 0 aromatic heterocycles. The fourth-order valence-corrected chi connectivity index (χ4v) is 2.51. The minimum atomic E-state index is -0.732. The van der Waals surface area contributed by atoms with Gasteiger partial charge in [-0.3, -0.25) is 9.69 Å². The van der Waals surface area contributed by atoms with Crippen LogP contribution in [0.3, 0.4) is 0 Å². The highest BCUT2D eigenvalue weighted by Crippen LogP contribution is 2.10. The Bertz CT molecular complexity index is 505. The maximum absolute atomic E-state index is 12.2. The number of hydrogen-bond donors (Lipinski definition) is 2. The highest BCUT2D eigenvalue weighted by Gasteiger charge is 2.11. The predicted molar refractivity (Wildman–Crippen MR) is 103 cm³/mol. The van der Waals surface area contributed by atoms with E-state index in [2.05, 4.69) is 31.0 Å². The summed E-state index contributed by atoms with van der Waals surface area (Å²) in [5.41, 5.74) is 1.77. The van der Waals surface area contributed by atoms with Gasteiger partial charge in [-0.25, -0.2) is 0 Å². The van der Waals surface area contributed by atoms with Crippen LogP contribution in [0.5, 0.6) is 0 Å². The molecule has 1 amide bonds. The lowest BCUT2D eigenvalue weighted by Gasteiger charge is -2.24. The molecule has 0 aliphatic heterocycles. The van der Waals surface area contributed by atoms with Crippen molar-refractivity contribution in [2.75, 3.05) is 39.5 Å². The highest BCUT2D eigenvalue weighted by molar-refractivity contribution is 5.94. The summed E-state index contributed by atoms with van der Waals surface area (Å²) in [4.78, 5) is 14.5. The molecule has 1 atom stereocenters. The molecule has 0 saturated heterocycles. The molecule has 1 aromatic carbocycles. The number of hydrogen-bond acceptors (Lipinski definition) is 5. The van der Waals surface area contributed by atoms with Crippen LogP contribution in [-0.2, 0) is 16.0 Å². The Balaban J connectivity index is 2.36. The largest absolute Gasteiger partial charge is 0.389 e. The maximum Gasteiger partial charge on any atom is 0.251 e. The summed E-state index contributed by atoms with van der Waals surface area (Å²) in [6.07, 6.45) is -0.732. The molecule has 0 aliphatic rings. The number of nitrogens with one attached hydrogen (secondary N) is 1. The third-order valence-electron chi connectivity index (χ3n) is 4.12. The van der Waals surface area contributed by atoms with Crippen LogP contribution in [-0.4, -0.2) is 67.6 Å². The average molecular weight is 367 g/mol. The Morgan fingerprint density at radius 3 is 2.38 bits per heavy atom. The van der Waals surface area contributed by atoms with Gasteiger partial charge in [-0.05, 0) is 45.0 Å². The molecule has 0 heterocycles.